The fourth-order valence-electron chi connectivity index (χ4n) is 3.07. The predicted octanol–water partition coefficient (Wildman–Crippen LogP) is 5.27. The van der Waals surface area contributed by atoms with Gasteiger partial charge in [-0.3, -0.25) is 4.79 Å². The summed E-state index contributed by atoms with van der Waals surface area (Å²) in [4.78, 5) is 18.5. The lowest BCUT2D eigenvalue weighted by Gasteiger charge is -2.18. The van der Waals surface area contributed by atoms with Gasteiger partial charge in [0.1, 0.15) is 6.61 Å². The molecule has 0 spiro atoms. The van der Waals surface area contributed by atoms with Gasteiger partial charge in [-0.05, 0) is 43.7 Å². The molecule has 0 fully saturated rings. The molecule has 0 aliphatic carbocycles. The van der Waals surface area contributed by atoms with Gasteiger partial charge in [0.25, 0.3) is 5.91 Å². The molecule has 3 rings (SSSR count). The Balaban J connectivity index is 1.67. The predicted molar refractivity (Wildman–Crippen MR) is 129 cm³/mol. The van der Waals surface area contributed by atoms with E-state index in [9.17, 15) is 4.79 Å². The van der Waals surface area contributed by atoms with Crippen LogP contribution in [0.4, 0.5) is 0 Å². The number of methoxy groups -OCH3 is 2. The molecular formula is C24H28N2O4S2. The Morgan fingerprint density at radius 1 is 1.16 bits per heavy atom. The Labute approximate surface area is 197 Å². The van der Waals surface area contributed by atoms with E-state index in [-0.39, 0.29) is 11.9 Å². The zero-order valence-electron chi connectivity index (χ0n) is 18.7. The van der Waals surface area contributed by atoms with E-state index in [0.29, 0.717) is 30.3 Å². The first-order chi connectivity index (χ1) is 15.5. The second-order valence-electron chi connectivity index (χ2n) is 7.09. The van der Waals surface area contributed by atoms with E-state index in [1.54, 1.807) is 37.3 Å². The maximum absolute atomic E-state index is 13.1. The number of amides is 1. The molecule has 8 heteroatoms. The van der Waals surface area contributed by atoms with Gasteiger partial charge in [0, 0.05) is 23.1 Å². The van der Waals surface area contributed by atoms with Crippen molar-refractivity contribution in [3.8, 4) is 11.5 Å². The van der Waals surface area contributed by atoms with Crippen molar-refractivity contribution in [1.82, 2.24) is 10.3 Å². The van der Waals surface area contributed by atoms with Gasteiger partial charge in [-0.25, -0.2) is 4.98 Å². The molecule has 1 amide bonds. The Hall–Kier alpha value is -2.55. The molecule has 0 radical (unpaired) electrons. The average molecular weight is 473 g/mol. The van der Waals surface area contributed by atoms with E-state index in [4.69, 9.17) is 14.2 Å². The number of thioether (sulfide) groups is 1. The first kappa shape index (κ1) is 24.1. The Kier molecular flexibility index (Phi) is 8.96. The number of thiazole rings is 1. The number of nitrogens with zero attached hydrogens (tertiary/aromatic N) is 1. The first-order valence-corrected chi connectivity index (χ1v) is 12.1. The van der Waals surface area contributed by atoms with Gasteiger partial charge in [0.05, 0.1) is 36.0 Å². The molecule has 3 aromatic rings. The van der Waals surface area contributed by atoms with Gasteiger partial charge < -0.3 is 19.5 Å². The summed E-state index contributed by atoms with van der Waals surface area (Å²) in [6.45, 7) is 4.88. The van der Waals surface area contributed by atoms with E-state index >= 15 is 0 Å². The Morgan fingerprint density at radius 3 is 2.69 bits per heavy atom. The van der Waals surface area contributed by atoms with Crippen molar-refractivity contribution < 1.29 is 19.0 Å². The summed E-state index contributed by atoms with van der Waals surface area (Å²) in [6.07, 6.45) is 0. The molecule has 2 aromatic carbocycles. The van der Waals surface area contributed by atoms with Crippen LogP contribution in [-0.4, -0.2) is 38.3 Å². The fraction of sp³-hybridized carbons (Fsp3) is 0.333. The molecule has 0 saturated heterocycles. The number of aryl methyl sites for hydroxylation is 1. The number of hydrogen-bond acceptors (Lipinski definition) is 7. The first-order valence-electron chi connectivity index (χ1n) is 10.2. The molecule has 0 saturated carbocycles. The van der Waals surface area contributed by atoms with E-state index in [0.717, 1.165) is 26.9 Å². The van der Waals surface area contributed by atoms with Crippen LogP contribution in [0.15, 0.2) is 52.7 Å². The molecule has 1 atom stereocenters. The SMILES string of the molecule is COCCOc1ccc(C(C)NC(=O)c2ccccc2SCc2csc(C)n2)cc1OC. The normalized spacial score (nSPS) is 11.8. The summed E-state index contributed by atoms with van der Waals surface area (Å²) < 4.78 is 16.2. The number of hydrogen-bond donors (Lipinski definition) is 1. The van der Waals surface area contributed by atoms with E-state index in [2.05, 4.69) is 15.7 Å². The summed E-state index contributed by atoms with van der Waals surface area (Å²) in [6, 6.07) is 13.1. The monoisotopic (exact) mass is 472 g/mol. The number of aromatic nitrogens is 1. The quantitative estimate of drug-likeness (QED) is 0.303. The lowest BCUT2D eigenvalue weighted by Crippen LogP contribution is -2.27. The fourth-order valence-corrected chi connectivity index (χ4v) is 4.73. The Bertz CT molecular complexity index is 1040. The van der Waals surface area contributed by atoms with Gasteiger partial charge in [0.2, 0.25) is 0 Å². The van der Waals surface area contributed by atoms with Crippen LogP contribution >= 0.6 is 23.1 Å². The van der Waals surface area contributed by atoms with Crippen molar-refractivity contribution in [2.24, 2.45) is 0 Å². The van der Waals surface area contributed by atoms with Crippen LogP contribution in [0.1, 0.15) is 39.6 Å². The summed E-state index contributed by atoms with van der Waals surface area (Å²) in [5, 5.41) is 6.20. The van der Waals surface area contributed by atoms with Crippen molar-refractivity contribution >= 4 is 29.0 Å². The van der Waals surface area contributed by atoms with Crippen LogP contribution in [0.25, 0.3) is 0 Å². The lowest BCUT2D eigenvalue weighted by atomic mass is 10.1. The van der Waals surface area contributed by atoms with E-state index < -0.39 is 0 Å². The highest BCUT2D eigenvalue weighted by molar-refractivity contribution is 7.98. The van der Waals surface area contributed by atoms with Crippen LogP contribution < -0.4 is 14.8 Å². The molecule has 1 N–H and O–H groups in total. The van der Waals surface area contributed by atoms with Crippen molar-refractivity contribution in [3.63, 3.8) is 0 Å². The topological polar surface area (TPSA) is 69.7 Å². The highest BCUT2D eigenvalue weighted by Crippen LogP contribution is 2.31. The van der Waals surface area contributed by atoms with Crippen molar-refractivity contribution in [3.05, 3.63) is 69.7 Å². The minimum Gasteiger partial charge on any atom is -0.493 e. The zero-order valence-corrected chi connectivity index (χ0v) is 20.3. The molecule has 1 heterocycles. The molecule has 0 aliphatic rings. The average Bonchev–Trinajstić information content (AvgIpc) is 3.23. The van der Waals surface area contributed by atoms with Crippen molar-refractivity contribution in [2.75, 3.05) is 27.4 Å². The third-order valence-corrected chi connectivity index (χ3v) is 6.68. The van der Waals surface area contributed by atoms with Crippen LogP contribution in [-0.2, 0) is 10.5 Å². The van der Waals surface area contributed by atoms with Crippen LogP contribution in [0.2, 0.25) is 0 Å². The number of carbonyl (C=O) groups excluding carboxylic acids is 1. The molecule has 32 heavy (non-hydrogen) atoms. The summed E-state index contributed by atoms with van der Waals surface area (Å²) >= 11 is 3.25. The maximum atomic E-state index is 13.1. The van der Waals surface area contributed by atoms with Crippen molar-refractivity contribution in [2.45, 2.75) is 30.5 Å². The van der Waals surface area contributed by atoms with Crippen LogP contribution in [0, 0.1) is 6.92 Å². The number of nitrogens with one attached hydrogen (secondary N) is 1. The minimum atomic E-state index is -0.205. The van der Waals surface area contributed by atoms with Crippen LogP contribution in [0.5, 0.6) is 11.5 Å². The standard InChI is InChI=1S/C24H28N2O4S2/c1-16(18-9-10-21(22(13-18)29-4)30-12-11-28-3)25-24(27)20-7-5-6-8-23(20)32-15-19-14-31-17(2)26-19/h5-10,13-14,16H,11-12,15H2,1-4H3,(H,25,27). The maximum Gasteiger partial charge on any atom is 0.252 e. The van der Waals surface area contributed by atoms with Crippen LogP contribution in [0.3, 0.4) is 0 Å². The molecule has 1 aromatic heterocycles. The molecule has 6 nitrogen and oxygen atoms in total. The molecule has 1 unspecified atom stereocenters. The zero-order chi connectivity index (χ0) is 22.9. The van der Waals surface area contributed by atoms with Gasteiger partial charge in [-0.2, -0.15) is 0 Å². The smallest absolute Gasteiger partial charge is 0.252 e. The second-order valence-corrected chi connectivity index (χ2v) is 9.17. The highest BCUT2D eigenvalue weighted by atomic mass is 32.2. The largest absolute Gasteiger partial charge is 0.493 e. The summed E-state index contributed by atoms with van der Waals surface area (Å²) in [7, 11) is 3.23. The minimum absolute atomic E-state index is 0.116. The third-order valence-electron chi connectivity index (χ3n) is 4.75. The van der Waals surface area contributed by atoms with Gasteiger partial charge in [-0.15, -0.1) is 23.1 Å². The number of carbonyl (C=O) groups is 1. The molecule has 170 valence electrons. The molecular weight excluding hydrogens is 444 g/mol. The lowest BCUT2D eigenvalue weighted by molar-refractivity contribution is 0.0937. The Morgan fingerprint density at radius 2 is 1.97 bits per heavy atom. The number of benzene rings is 2. The van der Waals surface area contributed by atoms with Gasteiger partial charge in [0.15, 0.2) is 11.5 Å². The van der Waals surface area contributed by atoms with Crippen molar-refractivity contribution in [1.29, 1.82) is 0 Å². The van der Waals surface area contributed by atoms with E-state index in [1.807, 2.05) is 56.3 Å². The number of rotatable bonds is 11. The molecule has 0 aliphatic heterocycles. The number of ether oxygens (including phenoxy) is 3. The van der Waals surface area contributed by atoms with Gasteiger partial charge >= 0.3 is 0 Å². The summed E-state index contributed by atoms with van der Waals surface area (Å²) in [5.74, 6) is 1.88. The molecule has 0 bridgehead atoms. The summed E-state index contributed by atoms with van der Waals surface area (Å²) in [5.41, 5.74) is 2.61. The van der Waals surface area contributed by atoms with Gasteiger partial charge in [-0.1, -0.05) is 18.2 Å². The third kappa shape index (κ3) is 6.48. The van der Waals surface area contributed by atoms with E-state index in [1.165, 1.54) is 0 Å². The second kappa shape index (κ2) is 11.9. The highest BCUT2D eigenvalue weighted by Gasteiger charge is 2.17.